The molecule has 0 bridgehead atoms. The molecule has 114 valence electrons. The van der Waals surface area contributed by atoms with E-state index in [1.54, 1.807) is 0 Å². The van der Waals surface area contributed by atoms with Crippen LogP contribution >= 0.6 is 7.92 Å². The third kappa shape index (κ3) is 2.57. The minimum Gasteiger partial charge on any atom is -0.426 e. The summed E-state index contributed by atoms with van der Waals surface area (Å²) < 4.78 is 5.68. The highest BCUT2D eigenvalue weighted by Gasteiger charge is 2.26. The van der Waals surface area contributed by atoms with Crippen LogP contribution in [0.15, 0.2) is 36.4 Å². The maximum atomic E-state index is 11.6. The van der Waals surface area contributed by atoms with Crippen molar-refractivity contribution >= 4 is 19.2 Å². The standard InChI is InChI=1S/C19H21O2P/c1-4-22(5-2)18-11-10-16-15-9-7-6-8-14(15)12-17(16)19(18)21-13(3)20/h6-11H,4-5,12H2,1-3H3. The average molecular weight is 312 g/mol. The van der Waals surface area contributed by atoms with Crippen LogP contribution in [0.1, 0.15) is 31.9 Å². The third-order valence-electron chi connectivity index (χ3n) is 4.26. The predicted molar refractivity (Wildman–Crippen MR) is 93.6 cm³/mol. The van der Waals surface area contributed by atoms with Crippen LogP contribution in [0.25, 0.3) is 11.1 Å². The van der Waals surface area contributed by atoms with E-state index in [0.717, 1.165) is 24.5 Å². The summed E-state index contributed by atoms with van der Waals surface area (Å²) in [7, 11) is -0.262. The lowest BCUT2D eigenvalue weighted by atomic mass is 10.1. The van der Waals surface area contributed by atoms with E-state index in [-0.39, 0.29) is 13.9 Å². The van der Waals surface area contributed by atoms with Crippen molar-refractivity contribution in [1.29, 1.82) is 0 Å². The minimum absolute atomic E-state index is 0.229. The molecule has 0 heterocycles. The fourth-order valence-electron chi connectivity index (χ4n) is 3.24. The third-order valence-corrected chi connectivity index (χ3v) is 6.82. The van der Waals surface area contributed by atoms with E-state index in [9.17, 15) is 4.79 Å². The Bertz CT molecular complexity index is 717. The molecule has 1 aliphatic rings. The molecule has 0 atom stereocenters. The van der Waals surface area contributed by atoms with E-state index >= 15 is 0 Å². The number of ether oxygens (including phenoxy) is 1. The Labute approximate surface area is 133 Å². The highest BCUT2D eigenvalue weighted by molar-refractivity contribution is 7.65. The quantitative estimate of drug-likeness (QED) is 0.407. The van der Waals surface area contributed by atoms with Gasteiger partial charge in [0.15, 0.2) is 0 Å². The summed E-state index contributed by atoms with van der Waals surface area (Å²) in [6.07, 6.45) is 3.09. The summed E-state index contributed by atoms with van der Waals surface area (Å²) in [6, 6.07) is 12.8. The molecular weight excluding hydrogens is 291 g/mol. The van der Waals surface area contributed by atoms with E-state index in [0.29, 0.717) is 0 Å². The van der Waals surface area contributed by atoms with Crippen molar-refractivity contribution in [3.05, 3.63) is 47.5 Å². The van der Waals surface area contributed by atoms with Crippen molar-refractivity contribution in [3.63, 3.8) is 0 Å². The van der Waals surface area contributed by atoms with Crippen molar-refractivity contribution < 1.29 is 9.53 Å². The molecule has 0 saturated heterocycles. The second-order valence-corrected chi connectivity index (χ2v) is 8.37. The fourth-order valence-corrected chi connectivity index (χ4v) is 5.12. The van der Waals surface area contributed by atoms with E-state index in [2.05, 4.69) is 50.2 Å². The Morgan fingerprint density at radius 1 is 1.09 bits per heavy atom. The van der Waals surface area contributed by atoms with E-state index in [4.69, 9.17) is 4.74 Å². The second kappa shape index (κ2) is 6.22. The molecule has 0 unspecified atom stereocenters. The molecule has 0 amide bonds. The molecular formula is C19H21O2P. The fraction of sp³-hybridized carbons (Fsp3) is 0.316. The molecule has 2 aromatic rings. The number of hydrogen-bond acceptors (Lipinski definition) is 2. The summed E-state index contributed by atoms with van der Waals surface area (Å²) in [4.78, 5) is 11.6. The van der Waals surface area contributed by atoms with Crippen LogP contribution in [-0.4, -0.2) is 18.3 Å². The number of fused-ring (bicyclic) bond motifs is 3. The van der Waals surface area contributed by atoms with Gasteiger partial charge in [0.05, 0.1) is 0 Å². The molecule has 0 radical (unpaired) electrons. The number of carbonyl (C=O) groups is 1. The van der Waals surface area contributed by atoms with Gasteiger partial charge in [-0.3, -0.25) is 4.79 Å². The lowest BCUT2D eigenvalue weighted by molar-refractivity contribution is -0.131. The largest absolute Gasteiger partial charge is 0.426 e. The van der Waals surface area contributed by atoms with Crippen molar-refractivity contribution in [3.8, 4) is 16.9 Å². The summed E-state index contributed by atoms with van der Waals surface area (Å²) in [5.41, 5.74) is 5.00. The summed E-state index contributed by atoms with van der Waals surface area (Å²) in [5, 5.41) is 1.24. The van der Waals surface area contributed by atoms with Crippen molar-refractivity contribution in [2.45, 2.75) is 27.2 Å². The van der Waals surface area contributed by atoms with Crippen LogP contribution in [-0.2, 0) is 11.2 Å². The molecule has 2 aromatic carbocycles. The van der Waals surface area contributed by atoms with Gasteiger partial charge in [0, 0.05) is 24.2 Å². The second-order valence-electron chi connectivity index (χ2n) is 5.54. The molecule has 0 aliphatic heterocycles. The summed E-state index contributed by atoms with van der Waals surface area (Å²) in [6.45, 7) is 5.93. The van der Waals surface area contributed by atoms with Gasteiger partial charge in [-0.1, -0.05) is 58.2 Å². The van der Waals surface area contributed by atoms with Gasteiger partial charge in [-0.05, 0) is 29.0 Å². The van der Waals surface area contributed by atoms with Gasteiger partial charge in [-0.2, -0.15) is 0 Å². The van der Waals surface area contributed by atoms with Gasteiger partial charge in [-0.15, -0.1) is 0 Å². The Morgan fingerprint density at radius 2 is 1.82 bits per heavy atom. The maximum absolute atomic E-state index is 11.6. The first kappa shape index (κ1) is 15.2. The molecule has 1 aliphatic carbocycles. The number of hydrogen-bond donors (Lipinski definition) is 0. The molecule has 3 heteroatoms. The molecule has 0 saturated carbocycles. The Morgan fingerprint density at radius 3 is 2.50 bits per heavy atom. The summed E-state index contributed by atoms with van der Waals surface area (Å²) >= 11 is 0. The van der Waals surface area contributed by atoms with E-state index in [1.807, 2.05) is 0 Å². The van der Waals surface area contributed by atoms with Gasteiger partial charge in [0.25, 0.3) is 0 Å². The first-order chi connectivity index (χ1) is 10.7. The first-order valence-electron chi connectivity index (χ1n) is 7.83. The minimum atomic E-state index is -0.262. The number of carbonyl (C=O) groups excluding carboxylic acids is 1. The topological polar surface area (TPSA) is 26.3 Å². The van der Waals surface area contributed by atoms with Crippen LogP contribution in [0.4, 0.5) is 0 Å². The Balaban J connectivity index is 2.17. The monoisotopic (exact) mass is 312 g/mol. The lowest BCUT2D eigenvalue weighted by Crippen LogP contribution is -2.15. The summed E-state index contributed by atoms with van der Waals surface area (Å²) in [5.74, 6) is 0.601. The number of esters is 1. The zero-order valence-corrected chi connectivity index (χ0v) is 14.2. The van der Waals surface area contributed by atoms with Gasteiger partial charge in [0.1, 0.15) is 5.75 Å². The average Bonchev–Trinajstić information content (AvgIpc) is 2.89. The van der Waals surface area contributed by atoms with Gasteiger partial charge in [-0.25, -0.2) is 0 Å². The van der Waals surface area contributed by atoms with Gasteiger partial charge in [0.2, 0.25) is 0 Å². The zero-order valence-electron chi connectivity index (χ0n) is 13.3. The molecule has 0 fully saturated rings. The smallest absolute Gasteiger partial charge is 0.308 e. The molecule has 0 spiro atoms. The van der Waals surface area contributed by atoms with Gasteiger partial charge >= 0.3 is 5.97 Å². The predicted octanol–water partition coefficient (Wildman–Crippen LogP) is 4.33. The van der Waals surface area contributed by atoms with Crippen LogP contribution in [0, 0.1) is 0 Å². The van der Waals surface area contributed by atoms with Crippen molar-refractivity contribution in [2.24, 2.45) is 0 Å². The van der Waals surface area contributed by atoms with Crippen LogP contribution < -0.4 is 10.0 Å². The molecule has 0 aromatic heterocycles. The maximum Gasteiger partial charge on any atom is 0.308 e. The SMILES string of the molecule is CCP(CC)c1ccc2c(c1OC(C)=O)Cc1ccccc1-2. The molecule has 2 nitrogen and oxygen atoms in total. The highest BCUT2D eigenvalue weighted by atomic mass is 31.1. The Kier molecular flexibility index (Phi) is 4.31. The van der Waals surface area contributed by atoms with Crippen LogP contribution in [0.3, 0.4) is 0 Å². The Hall–Kier alpha value is -1.66. The van der Waals surface area contributed by atoms with Crippen molar-refractivity contribution in [1.82, 2.24) is 0 Å². The molecule has 22 heavy (non-hydrogen) atoms. The number of benzene rings is 2. The van der Waals surface area contributed by atoms with E-state index < -0.39 is 0 Å². The number of rotatable bonds is 4. The molecule has 3 rings (SSSR count). The normalized spacial score (nSPS) is 12.2. The zero-order chi connectivity index (χ0) is 15.7. The van der Waals surface area contributed by atoms with Crippen LogP contribution in [0.5, 0.6) is 5.75 Å². The first-order valence-corrected chi connectivity index (χ1v) is 9.54. The molecule has 0 N–H and O–H groups in total. The van der Waals surface area contributed by atoms with E-state index in [1.165, 1.54) is 34.5 Å². The lowest BCUT2D eigenvalue weighted by Gasteiger charge is -2.20. The highest BCUT2D eigenvalue weighted by Crippen LogP contribution is 2.45. The van der Waals surface area contributed by atoms with Gasteiger partial charge < -0.3 is 4.74 Å². The van der Waals surface area contributed by atoms with Crippen molar-refractivity contribution in [2.75, 3.05) is 12.3 Å². The van der Waals surface area contributed by atoms with Crippen LogP contribution in [0.2, 0.25) is 0 Å².